The van der Waals surface area contributed by atoms with Crippen molar-refractivity contribution in [2.45, 2.75) is 0 Å². The van der Waals surface area contributed by atoms with Gasteiger partial charge in [0.05, 0.1) is 77.6 Å². The van der Waals surface area contributed by atoms with Gasteiger partial charge in [-0.3, -0.25) is 0 Å². The minimum absolute atomic E-state index is 0.965. The molecule has 10 heteroatoms. The fourth-order valence-electron chi connectivity index (χ4n) is 23.4. The van der Waals surface area contributed by atoms with Crippen molar-refractivity contribution in [3.63, 3.8) is 0 Å². The molecule has 0 amide bonds. The Hall–Kier alpha value is -18.3. The number of benzene rings is 22. The van der Waals surface area contributed by atoms with Crippen LogP contribution in [0.1, 0.15) is 0 Å². The van der Waals surface area contributed by atoms with Gasteiger partial charge in [-0.2, -0.15) is 0 Å². The van der Waals surface area contributed by atoms with Crippen LogP contribution in [0.25, 0.3) is 281 Å². The lowest BCUT2D eigenvalue weighted by Gasteiger charge is -2.10. The molecular weight excluding hydrogens is 1820 g/mol. The summed E-state index contributed by atoms with van der Waals surface area (Å²) < 4.78 is 22.7. The van der Waals surface area contributed by atoms with E-state index in [4.69, 9.17) is 4.98 Å². The van der Waals surface area contributed by atoms with Gasteiger partial charge in [0.2, 0.25) is 0 Å². The summed E-state index contributed by atoms with van der Waals surface area (Å²) in [6, 6.07) is 183. The van der Waals surface area contributed by atoms with Gasteiger partial charge in [0, 0.05) is 170 Å². The summed E-state index contributed by atoms with van der Waals surface area (Å²) in [6.07, 6.45) is 0. The maximum absolute atomic E-state index is 5.14. The molecule has 0 spiro atoms. The van der Waals surface area contributed by atoms with Crippen LogP contribution in [0.2, 0.25) is 0 Å². The minimum atomic E-state index is 0.965. The van der Waals surface area contributed by atoms with Gasteiger partial charge in [-0.15, -0.1) is 34.0 Å². The molecule has 0 bridgehead atoms. The minimum Gasteiger partial charge on any atom is -0.309 e. The molecule has 0 saturated heterocycles. The summed E-state index contributed by atoms with van der Waals surface area (Å²) in [5.41, 5.74) is 30.6. The van der Waals surface area contributed by atoms with Crippen molar-refractivity contribution in [3.8, 4) is 78.9 Å². The van der Waals surface area contributed by atoms with E-state index < -0.39 is 0 Å². The lowest BCUT2D eigenvalue weighted by molar-refractivity contribution is 1.16. The zero-order valence-electron chi connectivity index (χ0n) is 78.3. The first-order chi connectivity index (χ1) is 71.9. The summed E-state index contributed by atoms with van der Waals surface area (Å²) >= 11 is 5.71. The van der Waals surface area contributed by atoms with Crippen LogP contribution in [-0.2, 0) is 0 Å². The smallest absolute Gasteiger partial charge is 0.0709 e. The summed E-state index contributed by atoms with van der Waals surface area (Å²) in [5, 5.41) is 25.8. The third kappa shape index (κ3) is 13.1. The Kier molecular flexibility index (Phi) is 18.9. The summed E-state index contributed by atoms with van der Waals surface area (Å²) in [4.78, 5) is 5.14. The van der Waals surface area contributed by atoms with E-state index in [0.717, 1.165) is 39.6 Å². The van der Waals surface area contributed by atoms with Crippen LogP contribution in [0.3, 0.4) is 0 Å². The van der Waals surface area contributed by atoms with E-state index in [1.165, 1.54) is 241 Å². The van der Waals surface area contributed by atoms with Gasteiger partial charge in [0.15, 0.2) is 0 Å². The highest BCUT2D eigenvalue weighted by atomic mass is 32.1. The molecule has 32 rings (SSSR count). The molecule has 10 heterocycles. The van der Waals surface area contributed by atoms with Crippen LogP contribution >= 0.6 is 34.0 Å². The first-order valence-electron chi connectivity index (χ1n) is 49.4. The monoisotopic (exact) mass is 1900 g/mol. The maximum atomic E-state index is 5.14. The van der Waals surface area contributed by atoms with Crippen molar-refractivity contribution in [1.29, 1.82) is 0 Å². The average molecular weight is 1900 g/mol. The fourth-order valence-corrected chi connectivity index (χ4v) is 27.2. The molecule has 7 nitrogen and oxygen atoms in total. The van der Waals surface area contributed by atoms with Crippen LogP contribution < -0.4 is 0 Å². The van der Waals surface area contributed by atoms with Crippen molar-refractivity contribution < 1.29 is 0 Å². The highest BCUT2D eigenvalue weighted by molar-refractivity contribution is 7.27. The summed E-state index contributed by atoms with van der Waals surface area (Å²) in [5.74, 6) is 0. The largest absolute Gasteiger partial charge is 0.309 e. The second-order valence-corrected chi connectivity index (χ2v) is 41.0. The number of rotatable bonds is 10. The zero-order chi connectivity index (χ0) is 95.0. The number of hydrogen-bond donors (Lipinski definition) is 0. The lowest BCUT2D eigenvalue weighted by atomic mass is 10.00. The quantitative estimate of drug-likeness (QED) is 0.135. The Bertz CT molecular complexity index is 10900. The van der Waals surface area contributed by atoms with Crippen LogP contribution in [0, 0.1) is 0 Å². The predicted molar refractivity (Wildman–Crippen MR) is 621 cm³/mol. The van der Waals surface area contributed by atoms with E-state index in [1.807, 2.05) is 40.1 Å². The topological polar surface area (TPSA) is 42.5 Å². The van der Waals surface area contributed by atoms with E-state index in [0.29, 0.717) is 0 Å². The van der Waals surface area contributed by atoms with E-state index in [-0.39, 0.29) is 0 Å². The van der Waals surface area contributed by atoms with Crippen molar-refractivity contribution in [2.24, 2.45) is 0 Å². The molecule has 0 unspecified atom stereocenters. The molecule has 0 fully saturated rings. The van der Waals surface area contributed by atoms with Crippen molar-refractivity contribution in [3.05, 3.63) is 504 Å². The highest BCUT2D eigenvalue weighted by Gasteiger charge is 2.28. The van der Waals surface area contributed by atoms with E-state index in [2.05, 4.69) is 525 Å². The SMILES string of the molecule is c1ccc(-c2ccc3c(c2)c2cc4c5c6sc7ccccc7c6ccc5n(-c5ccccc5)c4cc2n3-c2ccccc2)cc1.c1ccc(-c2cccc(-c3ccc4c(c3)c3cc5c6c7sc8ccccc8c7ccc6n(-c6ccccc6)c5cc3n4-c3ccccc3)n2)cc1.c1ccc(-n2c3cc(-c4ccc5ccccc5c4)ccc3c3cc4c5c6sc7ccccc7c6ccc5n(-c5ccccc5)c4cc32)cc1. The number of hydrogen-bond acceptors (Lipinski definition) is 4. The summed E-state index contributed by atoms with van der Waals surface area (Å²) in [6.45, 7) is 0. The molecule has 676 valence electrons. The molecule has 32 aromatic rings. The van der Waals surface area contributed by atoms with Gasteiger partial charge in [-0.05, 0) is 227 Å². The standard InChI is InChI=1S/C47H29N3S.C46H28N2S.C42H26N2S/c1-4-13-30(14-5-1)39-20-12-21-40(48-39)31-23-25-41-36(27-31)37-28-38-44(29-43(37)49(41)32-15-6-2-7-16-32)50(33-17-8-3-9-18-33)42-26-24-35-34-19-10-11-22-45(34)51-47(35)46(38)42;1-3-13-33(14-4-1)47-40-24-23-37-36-17-9-10-18-44(36)49-46(37)45(40)39-27-38-35-22-21-32(31-20-19-29-11-7-8-12-30(29)25-31)26-41(35)48(42(38)28-43(39)47)34-15-5-2-6-16-34;1-4-12-27(13-5-1)28-20-22-36-33(24-28)34-25-35-39(26-38(34)43(36)29-14-6-2-7-15-29)44(30-16-8-3-9-17-30)37-23-21-32-31-18-10-11-19-40(31)45-42(32)41(35)37/h1-29H;1-28H;1-26H. The number of aromatic nitrogens is 7. The number of pyridine rings is 1. The molecule has 0 aliphatic heterocycles. The molecule has 0 aliphatic carbocycles. The fraction of sp³-hybridized carbons (Fsp3) is 0. The Balaban J connectivity index is 0.000000101. The maximum Gasteiger partial charge on any atom is 0.0709 e. The van der Waals surface area contributed by atoms with Gasteiger partial charge < -0.3 is 27.4 Å². The first-order valence-corrected chi connectivity index (χ1v) is 51.9. The third-order valence-electron chi connectivity index (χ3n) is 29.9. The molecular formula is C135H83N7S3. The van der Waals surface area contributed by atoms with E-state index in [9.17, 15) is 0 Å². The zero-order valence-corrected chi connectivity index (χ0v) is 80.7. The lowest BCUT2D eigenvalue weighted by Crippen LogP contribution is -1.95. The number of thiophene rings is 3. The van der Waals surface area contributed by atoms with Gasteiger partial charge in [-0.1, -0.05) is 309 Å². The Labute approximate surface area is 844 Å². The van der Waals surface area contributed by atoms with Crippen LogP contribution in [0.4, 0.5) is 0 Å². The Morgan fingerprint density at radius 3 is 0.834 bits per heavy atom. The second-order valence-electron chi connectivity index (χ2n) is 37.9. The van der Waals surface area contributed by atoms with Crippen molar-refractivity contribution in [1.82, 2.24) is 32.4 Å². The van der Waals surface area contributed by atoms with Gasteiger partial charge in [-0.25, -0.2) is 4.98 Å². The molecule has 0 atom stereocenters. The predicted octanol–water partition coefficient (Wildman–Crippen LogP) is 38.0. The number of para-hydroxylation sites is 6. The van der Waals surface area contributed by atoms with Crippen LogP contribution in [-0.4, -0.2) is 32.4 Å². The van der Waals surface area contributed by atoms with Gasteiger partial charge in [0.1, 0.15) is 0 Å². The number of nitrogens with zero attached hydrogens (tertiary/aromatic N) is 7. The second kappa shape index (κ2) is 33.2. The Morgan fingerprint density at radius 2 is 0.414 bits per heavy atom. The molecule has 0 aliphatic rings. The molecule has 22 aromatic carbocycles. The van der Waals surface area contributed by atoms with Gasteiger partial charge >= 0.3 is 0 Å². The van der Waals surface area contributed by atoms with E-state index in [1.54, 1.807) is 0 Å². The number of fused-ring (bicyclic) bond motifs is 31. The van der Waals surface area contributed by atoms with Crippen molar-refractivity contribution >= 4 is 236 Å². The summed E-state index contributed by atoms with van der Waals surface area (Å²) in [7, 11) is 0. The average Bonchev–Trinajstić information content (AvgIpc) is 1.55. The molecule has 0 N–H and O–H groups in total. The van der Waals surface area contributed by atoms with E-state index >= 15 is 0 Å². The normalized spacial score (nSPS) is 12.0. The Morgan fingerprint density at radius 1 is 0.138 bits per heavy atom. The van der Waals surface area contributed by atoms with Crippen LogP contribution in [0.15, 0.2) is 504 Å². The first kappa shape index (κ1) is 82.6. The molecule has 0 saturated carbocycles. The third-order valence-corrected chi connectivity index (χ3v) is 33.5. The molecule has 10 aromatic heterocycles. The van der Waals surface area contributed by atoms with Crippen molar-refractivity contribution in [2.75, 3.05) is 0 Å². The van der Waals surface area contributed by atoms with Crippen LogP contribution in [0.5, 0.6) is 0 Å². The van der Waals surface area contributed by atoms with Gasteiger partial charge in [0.25, 0.3) is 0 Å². The highest BCUT2D eigenvalue weighted by Crippen LogP contribution is 2.52. The molecule has 0 radical (unpaired) electrons. The molecule has 145 heavy (non-hydrogen) atoms.